The third-order valence-corrected chi connectivity index (χ3v) is 2.28. The molecule has 82 valence electrons. The van der Waals surface area contributed by atoms with Gasteiger partial charge in [0.1, 0.15) is 0 Å². The highest BCUT2D eigenvalue weighted by molar-refractivity contribution is 6.18. The number of hydrogen-bond donors (Lipinski definition) is 0. The Kier molecular flexibility index (Phi) is 3.22. The summed E-state index contributed by atoms with van der Waals surface area (Å²) in [4.78, 5) is 18.8. The second-order valence-corrected chi connectivity index (χ2v) is 3.53. The van der Waals surface area contributed by atoms with Crippen molar-refractivity contribution in [2.75, 3.05) is 6.61 Å². The van der Waals surface area contributed by atoms with Crippen LogP contribution in [0, 0.1) is 0 Å². The van der Waals surface area contributed by atoms with Crippen molar-refractivity contribution in [1.82, 2.24) is 0 Å². The van der Waals surface area contributed by atoms with Crippen LogP contribution in [0.3, 0.4) is 0 Å². The van der Waals surface area contributed by atoms with Gasteiger partial charge in [-0.05, 0) is 5.56 Å². The van der Waals surface area contributed by atoms with E-state index in [1.54, 1.807) is 0 Å². The van der Waals surface area contributed by atoms with E-state index in [0.29, 0.717) is 12.9 Å². The van der Waals surface area contributed by atoms with Gasteiger partial charge in [-0.15, -0.1) is 0 Å². The number of ether oxygens (including phenoxy) is 1. The maximum Gasteiger partial charge on any atom is 0.228 e. The lowest BCUT2D eigenvalue weighted by atomic mass is 10.2. The molecule has 4 nitrogen and oxygen atoms in total. The summed E-state index contributed by atoms with van der Waals surface area (Å²) in [6.07, 6.45) is 3.73. The van der Waals surface area contributed by atoms with Crippen LogP contribution in [-0.4, -0.2) is 31.0 Å². The van der Waals surface area contributed by atoms with E-state index in [1.165, 1.54) is 12.4 Å². The van der Waals surface area contributed by atoms with Gasteiger partial charge in [0.2, 0.25) is 5.66 Å². The Morgan fingerprint density at radius 3 is 2.50 bits per heavy atom. The highest BCUT2D eigenvalue weighted by Crippen LogP contribution is 2.14. The Balaban J connectivity index is 1.86. The molecule has 0 bridgehead atoms. The number of hydrogen-bond acceptors (Lipinski definition) is 4. The molecule has 1 heterocycles. The van der Waals surface area contributed by atoms with E-state index in [0.717, 1.165) is 5.56 Å². The van der Waals surface area contributed by atoms with Crippen molar-refractivity contribution in [2.45, 2.75) is 12.3 Å². The molecule has 0 aliphatic carbocycles. The second kappa shape index (κ2) is 4.81. The molecule has 1 aromatic rings. The lowest BCUT2D eigenvalue weighted by Gasteiger charge is -2.15. The van der Waals surface area contributed by atoms with Gasteiger partial charge < -0.3 is 4.74 Å². The van der Waals surface area contributed by atoms with Crippen LogP contribution in [0.2, 0.25) is 0 Å². The van der Waals surface area contributed by atoms with E-state index < -0.39 is 5.66 Å². The molecule has 0 spiro atoms. The Hall–Kier alpha value is -1.81. The number of aldehydes is 1. The van der Waals surface area contributed by atoms with E-state index in [1.807, 2.05) is 30.3 Å². The molecule has 0 unspecified atom stereocenters. The van der Waals surface area contributed by atoms with Crippen molar-refractivity contribution in [3.63, 3.8) is 0 Å². The molecule has 0 aromatic heterocycles. The highest BCUT2D eigenvalue weighted by Gasteiger charge is 2.29. The lowest BCUT2D eigenvalue weighted by Crippen LogP contribution is -2.30. The Bertz CT molecular complexity index is 400. The maximum absolute atomic E-state index is 10.9. The van der Waals surface area contributed by atoms with Crippen LogP contribution in [0.4, 0.5) is 0 Å². The molecular weight excluding hydrogens is 204 g/mol. The molecule has 1 aliphatic rings. The second-order valence-electron chi connectivity index (χ2n) is 3.53. The van der Waals surface area contributed by atoms with Crippen LogP contribution < -0.4 is 0 Å². The third-order valence-electron chi connectivity index (χ3n) is 2.28. The molecule has 4 heteroatoms. The molecule has 0 atom stereocenters. The normalized spacial score (nSPS) is 16.5. The van der Waals surface area contributed by atoms with Gasteiger partial charge in [-0.25, -0.2) is 0 Å². The van der Waals surface area contributed by atoms with E-state index in [-0.39, 0.29) is 6.61 Å². The van der Waals surface area contributed by atoms with Crippen molar-refractivity contribution in [2.24, 2.45) is 9.98 Å². The topological polar surface area (TPSA) is 51.0 Å². The first-order valence-electron chi connectivity index (χ1n) is 5.02. The van der Waals surface area contributed by atoms with Gasteiger partial charge in [-0.2, -0.15) is 0 Å². The number of rotatable bonds is 5. The number of carbonyl (C=O) groups is 1. The average Bonchev–Trinajstić information content (AvgIpc) is 2.80. The maximum atomic E-state index is 10.9. The van der Waals surface area contributed by atoms with Crippen LogP contribution in [0.1, 0.15) is 5.56 Å². The van der Waals surface area contributed by atoms with Crippen molar-refractivity contribution >= 4 is 18.7 Å². The fourth-order valence-electron chi connectivity index (χ4n) is 1.42. The van der Waals surface area contributed by atoms with Crippen LogP contribution in [-0.2, 0) is 16.1 Å². The van der Waals surface area contributed by atoms with Crippen molar-refractivity contribution in [3.8, 4) is 0 Å². The summed E-state index contributed by atoms with van der Waals surface area (Å²) in [7, 11) is 0. The zero-order chi connectivity index (χ0) is 11.3. The van der Waals surface area contributed by atoms with Gasteiger partial charge in [-0.3, -0.25) is 14.8 Å². The van der Waals surface area contributed by atoms with Gasteiger partial charge in [0.25, 0.3) is 0 Å². The standard InChI is InChI=1S/C12H12N2O2/c15-9-12(13-6-7-14-12)10-16-8-11-4-2-1-3-5-11/h1-7,9H,8,10H2. The van der Waals surface area contributed by atoms with Gasteiger partial charge in [-0.1, -0.05) is 30.3 Å². The fraction of sp³-hybridized carbons (Fsp3) is 0.250. The predicted molar refractivity (Wildman–Crippen MR) is 61.9 cm³/mol. The minimum atomic E-state index is -1.05. The summed E-state index contributed by atoms with van der Waals surface area (Å²) in [6.45, 7) is 0.639. The Morgan fingerprint density at radius 1 is 1.19 bits per heavy atom. The van der Waals surface area contributed by atoms with Gasteiger partial charge in [0, 0.05) is 12.4 Å². The minimum Gasteiger partial charge on any atom is -0.372 e. The molecule has 0 amide bonds. The van der Waals surface area contributed by atoms with Crippen molar-refractivity contribution < 1.29 is 9.53 Å². The monoisotopic (exact) mass is 216 g/mol. The molecule has 0 N–H and O–H groups in total. The first-order chi connectivity index (χ1) is 7.85. The predicted octanol–water partition coefficient (Wildman–Crippen LogP) is 1.25. The number of nitrogens with zero attached hydrogens (tertiary/aromatic N) is 2. The SMILES string of the molecule is O=CC1(COCc2ccccc2)N=CC=N1. The molecule has 2 rings (SSSR count). The van der Waals surface area contributed by atoms with Crippen LogP contribution >= 0.6 is 0 Å². The van der Waals surface area contributed by atoms with E-state index in [2.05, 4.69) is 9.98 Å². The van der Waals surface area contributed by atoms with E-state index in [4.69, 9.17) is 4.74 Å². The van der Waals surface area contributed by atoms with Crippen LogP contribution in [0.15, 0.2) is 40.3 Å². The zero-order valence-corrected chi connectivity index (χ0v) is 8.74. The Labute approximate surface area is 93.7 Å². The van der Waals surface area contributed by atoms with Gasteiger partial charge in [0.05, 0.1) is 13.2 Å². The van der Waals surface area contributed by atoms with Crippen molar-refractivity contribution in [1.29, 1.82) is 0 Å². The fourth-order valence-corrected chi connectivity index (χ4v) is 1.42. The Morgan fingerprint density at radius 2 is 1.88 bits per heavy atom. The molecule has 0 saturated heterocycles. The average molecular weight is 216 g/mol. The quantitative estimate of drug-likeness (QED) is 0.695. The van der Waals surface area contributed by atoms with Crippen LogP contribution in [0.25, 0.3) is 0 Å². The molecular formula is C12H12N2O2. The molecule has 1 aromatic carbocycles. The van der Waals surface area contributed by atoms with Gasteiger partial charge >= 0.3 is 0 Å². The first kappa shape index (κ1) is 10.7. The highest BCUT2D eigenvalue weighted by atomic mass is 16.5. The molecule has 0 fully saturated rings. The summed E-state index contributed by atoms with van der Waals surface area (Å²) in [5, 5.41) is 0. The zero-order valence-electron chi connectivity index (χ0n) is 8.74. The van der Waals surface area contributed by atoms with Gasteiger partial charge in [0.15, 0.2) is 6.29 Å². The molecule has 0 saturated carbocycles. The molecule has 0 radical (unpaired) electrons. The summed E-state index contributed by atoms with van der Waals surface area (Å²) >= 11 is 0. The molecule has 16 heavy (non-hydrogen) atoms. The lowest BCUT2D eigenvalue weighted by molar-refractivity contribution is -0.114. The smallest absolute Gasteiger partial charge is 0.228 e. The largest absolute Gasteiger partial charge is 0.372 e. The third kappa shape index (κ3) is 2.41. The summed E-state index contributed by atoms with van der Waals surface area (Å²) in [6, 6.07) is 9.77. The van der Waals surface area contributed by atoms with E-state index >= 15 is 0 Å². The van der Waals surface area contributed by atoms with Crippen molar-refractivity contribution in [3.05, 3.63) is 35.9 Å². The first-order valence-corrected chi connectivity index (χ1v) is 5.02. The number of benzene rings is 1. The summed E-state index contributed by atoms with van der Waals surface area (Å²) < 4.78 is 5.44. The summed E-state index contributed by atoms with van der Waals surface area (Å²) in [5.74, 6) is 0. The number of aliphatic imine (C=N–C) groups is 2. The minimum absolute atomic E-state index is 0.179. The summed E-state index contributed by atoms with van der Waals surface area (Å²) in [5.41, 5.74) is 0.0175. The van der Waals surface area contributed by atoms with E-state index in [9.17, 15) is 4.79 Å². The van der Waals surface area contributed by atoms with Crippen LogP contribution in [0.5, 0.6) is 0 Å². The molecule has 1 aliphatic heterocycles. The number of carbonyl (C=O) groups excluding carboxylic acids is 1.